The highest BCUT2D eigenvalue weighted by Gasteiger charge is 2.31. The maximum Gasteiger partial charge on any atom is 0.303 e. The molecule has 0 aromatic carbocycles. The Morgan fingerprint density at radius 2 is 2.17 bits per heavy atom. The van der Waals surface area contributed by atoms with E-state index in [1.165, 1.54) is 0 Å². The van der Waals surface area contributed by atoms with Gasteiger partial charge in [0.1, 0.15) is 0 Å². The minimum absolute atomic E-state index is 0.0250. The highest BCUT2D eigenvalue weighted by atomic mass is 16.5. The Kier molecular flexibility index (Phi) is 4.58. The zero-order valence-electron chi connectivity index (χ0n) is 10.6. The molecule has 0 aromatic rings. The average Bonchev–Trinajstić information content (AvgIpc) is 2.85. The summed E-state index contributed by atoms with van der Waals surface area (Å²) in [6.07, 6.45) is 3.72. The van der Waals surface area contributed by atoms with Crippen molar-refractivity contribution in [3.05, 3.63) is 0 Å². The van der Waals surface area contributed by atoms with Gasteiger partial charge in [0.05, 0.1) is 12.5 Å². The highest BCUT2D eigenvalue weighted by Crippen LogP contribution is 2.24. The first kappa shape index (κ1) is 13.3. The number of aliphatic carboxylic acids is 1. The van der Waals surface area contributed by atoms with Crippen molar-refractivity contribution in [1.82, 2.24) is 4.90 Å². The molecule has 0 aliphatic carbocycles. The standard InChI is InChI=1S/C13H21NO4/c15-12(16)4-3-10-5-6-14(8-10)13(17)11-2-1-7-18-9-11/h10-11H,1-9H2,(H,15,16). The molecule has 0 radical (unpaired) electrons. The lowest BCUT2D eigenvalue weighted by Gasteiger charge is -2.26. The first-order valence-corrected chi connectivity index (χ1v) is 6.75. The Hall–Kier alpha value is -1.10. The number of rotatable bonds is 4. The SMILES string of the molecule is O=C(O)CCC1CCN(C(=O)C2CCCOC2)C1. The molecule has 1 N–H and O–H groups in total. The zero-order chi connectivity index (χ0) is 13.0. The zero-order valence-corrected chi connectivity index (χ0v) is 10.6. The van der Waals surface area contributed by atoms with Crippen LogP contribution in [0.4, 0.5) is 0 Å². The van der Waals surface area contributed by atoms with E-state index in [0.717, 1.165) is 39.0 Å². The van der Waals surface area contributed by atoms with Crippen LogP contribution in [0.2, 0.25) is 0 Å². The fourth-order valence-electron chi connectivity index (χ4n) is 2.79. The lowest BCUT2D eigenvalue weighted by atomic mass is 10.0. The van der Waals surface area contributed by atoms with Crippen LogP contribution in [-0.2, 0) is 14.3 Å². The van der Waals surface area contributed by atoms with Crippen LogP contribution in [0.1, 0.15) is 32.1 Å². The van der Waals surface area contributed by atoms with Crippen LogP contribution in [0, 0.1) is 11.8 Å². The second-order valence-corrected chi connectivity index (χ2v) is 5.29. The van der Waals surface area contributed by atoms with Crippen molar-refractivity contribution in [2.75, 3.05) is 26.3 Å². The van der Waals surface area contributed by atoms with E-state index in [0.29, 0.717) is 18.9 Å². The van der Waals surface area contributed by atoms with Crippen molar-refractivity contribution in [2.45, 2.75) is 32.1 Å². The summed E-state index contributed by atoms with van der Waals surface area (Å²) in [5.41, 5.74) is 0. The molecule has 2 atom stereocenters. The Morgan fingerprint density at radius 3 is 2.83 bits per heavy atom. The molecular formula is C13H21NO4. The molecule has 0 aromatic heterocycles. The Balaban J connectivity index is 1.77. The van der Waals surface area contributed by atoms with E-state index in [-0.39, 0.29) is 18.2 Å². The molecule has 2 rings (SSSR count). The number of hydrogen-bond donors (Lipinski definition) is 1. The minimum Gasteiger partial charge on any atom is -0.481 e. The number of hydrogen-bond acceptors (Lipinski definition) is 3. The van der Waals surface area contributed by atoms with Gasteiger partial charge in [-0.05, 0) is 31.6 Å². The molecule has 102 valence electrons. The fraction of sp³-hybridized carbons (Fsp3) is 0.846. The van der Waals surface area contributed by atoms with E-state index in [1.807, 2.05) is 4.90 Å². The van der Waals surface area contributed by atoms with Crippen molar-refractivity contribution >= 4 is 11.9 Å². The molecule has 0 spiro atoms. The fourth-order valence-corrected chi connectivity index (χ4v) is 2.79. The number of nitrogens with zero attached hydrogens (tertiary/aromatic N) is 1. The van der Waals surface area contributed by atoms with Gasteiger partial charge < -0.3 is 14.7 Å². The lowest BCUT2D eigenvalue weighted by Crippen LogP contribution is -2.38. The third-order valence-corrected chi connectivity index (χ3v) is 3.87. The van der Waals surface area contributed by atoms with Gasteiger partial charge in [-0.3, -0.25) is 9.59 Å². The molecule has 2 aliphatic heterocycles. The van der Waals surface area contributed by atoms with Crippen molar-refractivity contribution in [1.29, 1.82) is 0 Å². The van der Waals surface area contributed by atoms with Crippen LogP contribution >= 0.6 is 0 Å². The Labute approximate surface area is 107 Å². The summed E-state index contributed by atoms with van der Waals surface area (Å²) < 4.78 is 5.34. The van der Waals surface area contributed by atoms with E-state index in [2.05, 4.69) is 0 Å². The topological polar surface area (TPSA) is 66.8 Å². The maximum atomic E-state index is 12.2. The summed E-state index contributed by atoms with van der Waals surface area (Å²) in [5.74, 6) is -0.167. The number of likely N-dealkylation sites (tertiary alicyclic amines) is 1. The number of carboxylic acids is 1. The van der Waals surface area contributed by atoms with E-state index in [4.69, 9.17) is 9.84 Å². The summed E-state index contributed by atoms with van der Waals surface area (Å²) in [5, 5.41) is 8.66. The predicted octanol–water partition coefficient (Wildman–Crippen LogP) is 1.13. The van der Waals surface area contributed by atoms with Gasteiger partial charge in [0.15, 0.2) is 0 Å². The Bertz CT molecular complexity index is 312. The maximum absolute atomic E-state index is 12.2. The molecule has 5 nitrogen and oxygen atoms in total. The number of amides is 1. The van der Waals surface area contributed by atoms with Crippen molar-refractivity contribution in [3.8, 4) is 0 Å². The van der Waals surface area contributed by atoms with E-state index in [9.17, 15) is 9.59 Å². The van der Waals surface area contributed by atoms with Crippen molar-refractivity contribution in [2.24, 2.45) is 11.8 Å². The second-order valence-electron chi connectivity index (χ2n) is 5.29. The molecule has 5 heteroatoms. The second kappa shape index (κ2) is 6.18. The molecule has 2 unspecified atom stereocenters. The molecule has 2 aliphatic rings. The molecule has 1 amide bonds. The molecule has 2 fully saturated rings. The van der Waals surface area contributed by atoms with Crippen LogP contribution in [-0.4, -0.2) is 48.2 Å². The number of carboxylic acid groups (broad SMARTS) is 1. The van der Waals surface area contributed by atoms with Crippen LogP contribution in [0.15, 0.2) is 0 Å². The summed E-state index contributed by atoms with van der Waals surface area (Å²) >= 11 is 0. The van der Waals surface area contributed by atoms with E-state index >= 15 is 0 Å². The first-order valence-electron chi connectivity index (χ1n) is 6.75. The number of carbonyl (C=O) groups is 2. The average molecular weight is 255 g/mol. The van der Waals surface area contributed by atoms with Gasteiger partial charge in [-0.15, -0.1) is 0 Å². The molecular weight excluding hydrogens is 234 g/mol. The summed E-state index contributed by atoms with van der Waals surface area (Å²) in [6.45, 7) is 2.82. The van der Waals surface area contributed by atoms with Gasteiger partial charge in [0.2, 0.25) is 5.91 Å². The molecule has 0 saturated carbocycles. The normalized spacial score (nSPS) is 28.3. The molecule has 2 heterocycles. The van der Waals surface area contributed by atoms with Gasteiger partial charge in [-0.2, -0.15) is 0 Å². The van der Waals surface area contributed by atoms with Crippen LogP contribution in [0.5, 0.6) is 0 Å². The third-order valence-electron chi connectivity index (χ3n) is 3.87. The van der Waals surface area contributed by atoms with Gasteiger partial charge in [0.25, 0.3) is 0 Å². The van der Waals surface area contributed by atoms with E-state index < -0.39 is 5.97 Å². The van der Waals surface area contributed by atoms with Crippen LogP contribution in [0.25, 0.3) is 0 Å². The quantitative estimate of drug-likeness (QED) is 0.817. The summed E-state index contributed by atoms with van der Waals surface area (Å²) in [7, 11) is 0. The minimum atomic E-state index is -0.750. The summed E-state index contributed by atoms with van der Waals surface area (Å²) in [4.78, 5) is 24.6. The van der Waals surface area contributed by atoms with Gasteiger partial charge in [0, 0.05) is 26.1 Å². The van der Waals surface area contributed by atoms with Crippen molar-refractivity contribution in [3.63, 3.8) is 0 Å². The van der Waals surface area contributed by atoms with Crippen LogP contribution < -0.4 is 0 Å². The smallest absolute Gasteiger partial charge is 0.303 e. The van der Waals surface area contributed by atoms with Gasteiger partial charge >= 0.3 is 5.97 Å². The lowest BCUT2D eigenvalue weighted by molar-refractivity contribution is -0.138. The molecule has 2 saturated heterocycles. The molecule has 18 heavy (non-hydrogen) atoms. The van der Waals surface area contributed by atoms with Gasteiger partial charge in [-0.25, -0.2) is 0 Å². The van der Waals surface area contributed by atoms with Crippen molar-refractivity contribution < 1.29 is 19.4 Å². The largest absolute Gasteiger partial charge is 0.481 e. The predicted molar refractivity (Wildman–Crippen MR) is 65.1 cm³/mol. The number of carbonyl (C=O) groups excluding carboxylic acids is 1. The monoisotopic (exact) mass is 255 g/mol. The third kappa shape index (κ3) is 3.45. The molecule has 0 bridgehead atoms. The Morgan fingerprint density at radius 1 is 1.33 bits per heavy atom. The van der Waals surface area contributed by atoms with E-state index in [1.54, 1.807) is 0 Å². The first-order chi connectivity index (χ1) is 8.66. The van der Waals surface area contributed by atoms with Gasteiger partial charge in [-0.1, -0.05) is 0 Å². The highest BCUT2D eigenvalue weighted by molar-refractivity contribution is 5.79. The number of ether oxygens (including phenoxy) is 1. The van der Waals surface area contributed by atoms with Crippen LogP contribution in [0.3, 0.4) is 0 Å². The summed E-state index contributed by atoms with van der Waals surface area (Å²) in [6, 6.07) is 0.